The zero-order valence-electron chi connectivity index (χ0n) is 13.1. The van der Waals surface area contributed by atoms with Gasteiger partial charge in [-0.05, 0) is 12.3 Å². The molecule has 2 heterocycles. The minimum atomic E-state index is -0.898. The number of anilines is 1. The lowest BCUT2D eigenvalue weighted by Gasteiger charge is -2.60. The van der Waals surface area contributed by atoms with Crippen LogP contribution in [-0.4, -0.2) is 34.4 Å². The van der Waals surface area contributed by atoms with Gasteiger partial charge in [-0.25, -0.2) is 0 Å². The van der Waals surface area contributed by atoms with E-state index in [2.05, 4.69) is 29.4 Å². The molecule has 1 saturated heterocycles. The first kappa shape index (κ1) is 14.5. The highest BCUT2D eigenvalue weighted by Gasteiger charge is 2.71. The molecule has 1 aliphatic heterocycles. The molecule has 6 heteroatoms. The number of H-pyrrole nitrogens is 1. The molecule has 1 saturated carbocycles. The van der Waals surface area contributed by atoms with Gasteiger partial charge >= 0.3 is 0 Å². The number of nitrogens with one attached hydrogen (secondary N) is 2. The van der Waals surface area contributed by atoms with Crippen molar-refractivity contribution < 1.29 is 9.53 Å². The largest absolute Gasteiger partial charge is 0.377 e. The number of ether oxygens (including phenoxy) is 1. The van der Waals surface area contributed by atoms with Gasteiger partial charge in [0, 0.05) is 29.7 Å². The maximum atomic E-state index is 12.7. The van der Waals surface area contributed by atoms with Crippen molar-refractivity contribution in [2.24, 2.45) is 17.1 Å². The van der Waals surface area contributed by atoms with Crippen molar-refractivity contribution in [2.75, 3.05) is 11.9 Å². The molecular weight excluding hydrogens is 268 g/mol. The fraction of sp³-hybridized carbons (Fsp3) is 0.733. The summed E-state index contributed by atoms with van der Waals surface area (Å²) in [6, 6.07) is 1.86. The highest BCUT2D eigenvalue weighted by molar-refractivity contribution is 5.99. The van der Waals surface area contributed by atoms with E-state index >= 15 is 0 Å². The van der Waals surface area contributed by atoms with Crippen molar-refractivity contribution in [3.63, 3.8) is 0 Å². The van der Waals surface area contributed by atoms with E-state index in [1.807, 2.05) is 19.9 Å². The molecule has 1 aromatic rings. The highest BCUT2D eigenvalue weighted by Crippen LogP contribution is 2.58. The summed E-state index contributed by atoms with van der Waals surface area (Å²) in [6.45, 7) is 8.83. The Hall–Kier alpha value is -1.40. The Morgan fingerprint density at radius 3 is 2.90 bits per heavy atom. The fourth-order valence-corrected chi connectivity index (χ4v) is 3.76. The summed E-state index contributed by atoms with van der Waals surface area (Å²) in [7, 11) is 0. The van der Waals surface area contributed by atoms with E-state index in [1.165, 1.54) is 0 Å². The summed E-state index contributed by atoms with van der Waals surface area (Å²) < 4.78 is 5.72. The van der Waals surface area contributed by atoms with E-state index in [9.17, 15) is 4.79 Å². The number of fused-ring (bicyclic) bond motifs is 1. The lowest BCUT2D eigenvalue weighted by Crippen LogP contribution is -2.79. The molecule has 1 amide bonds. The molecule has 4 N–H and O–H groups in total. The van der Waals surface area contributed by atoms with Crippen LogP contribution >= 0.6 is 0 Å². The van der Waals surface area contributed by atoms with Crippen LogP contribution in [0.5, 0.6) is 0 Å². The van der Waals surface area contributed by atoms with E-state index in [0.717, 1.165) is 12.1 Å². The van der Waals surface area contributed by atoms with Gasteiger partial charge in [0.15, 0.2) is 5.82 Å². The molecule has 3 unspecified atom stereocenters. The van der Waals surface area contributed by atoms with Gasteiger partial charge in [-0.1, -0.05) is 27.7 Å². The lowest BCUT2D eigenvalue weighted by molar-refractivity contribution is -0.170. The summed E-state index contributed by atoms with van der Waals surface area (Å²) in [4.78, 5) is 12.7. The average Bonchev–Trinajstić information content (AvgIpc) is 3.05. The molecule has 2 fully saturated rings. The summed E-state index contributed by atoms with van der Waals surface area (Å²) in [5.41, 5.74) is 6.22. The van der Waals surface area contributed by atoms with E-state index < -0.39 is 5.54 Å². The molecular formula is C15H24N4O2. The van der Waals surface area contributed by atoms with E-state index in [1.54, 1.807) is 0 Å². The number of amides is 1. The molecule has 0 radical (unpaired) electrons. The van der Waals surface area contributed by atoms with Crippen LogP contribution in [0.15, 0.2) is 6.07 Å². The Morgan fingerprint density at radius 2 is 2.29 bits per heavy atom. The van der Waals surface area contributed by atoms with Crippen molar-refractivity contribution in [3.8, 4) is 0 Å². The normalized spacial score (nSPS) is 33.6. The van der Waals surface area contributed by atoms with Crippen LogP contribution in [0.3, 0.4) is 0 Å². The van der Waals surface area contributed by atoms with Crippen LogP contribution in [0.25, 0.3) is 0 Å². The highest BCUT2D eigenvalue weighted by atomic mass is 16.5. The number of rotatable bonds is 3. The van der Waals surface area contributed by atoms with E-state index in [4.69, 9.17) is 10.5 Å². The summed E-state index contributed by atoms with van der Waals surface area (Å²) in [5, 5.41) is 9.94. The Morgan fingerprint density at radius 1 is 1.57 bits per heavy atom. The van der Waals surface area contributed by atoms with Crippen molar-refractivity contribution in [1.29, 1.82) is 0 Å². The number of carbonyl (C=O) groups is 1. The zero-order chi connectivity index (χ0) is 15.4. The van der Waals surface area contributed by atoms with Crippen LogP contribution in [-0.2, 0) is 9.53 Å². The third kappa shape index (κ3) is 1.85. The number of aromatic amines is 1. The monoisotopic (exact) mass is 292 g/mol. The van der Waals surface area contributed by atoms with Gasteiger partial charge < -0.3 is 15.8 Å². The molecule has 6 nitrogen and oxygen atoms in total. The lowest BCUT2D eigenvalue weighted by atomic mass is 9.48. The van der Waals surface area contributed by atoms with E-state index in [0.29, 0.717) is 18.3 Å². The number of nitrogens with zero attached hydrogens (tertiary/aromatic N) is 1. The SMILES string of the molecule is CC(C)c1cc(NC(=O)C2(N)C3CCOC3C2(C)C)n[nH]1. The zero-order valence-corrected chi connectivity index (χ0v) is 13.1. The second kappa shape index (κ2) is 4.55. The second-order valence-electron chi connectivity index (χ2n) is 7.09. The molecule has 3 rings (SSSR count). The maximum Gasteiger partial charge on any atom is 0.246 e. The number of hydrogen-bond donors (Lipinski definition) is 3. The van der Waals surface area contributed by atoms with Gasteiger partial charge in [-0.2, -0.15) is 5.10 Å². The first-order valence-electron chi connectivity index (χ1n) is 7.55. The summed E-state index contributed by atoms with van der Waals surface area (Å²) in [6.07, 6.45) is 0.925. The molecule has 0 aromatic carbocycles. The number of nitrogens with two attached hydrogens (primary N) is 1. The molecule has 0 spiro atoms. The summed E-state index contributed by atoms with van der Waals surface area (Å²) >= 11 is 0. The van der Waals surface area contributed by atoms with Crippen molar-refractivity contribution in [2.45, 2.75) is 51.7 Å². The van der Waals surface area contributed by atoms with Crippen LogP contribution in [0, 0.1) is 11.3 Å². The Kier molecular flexibility index (Phi) is 3.15. The van der Waals surface area contributed by atoms with Crippen molar-refractivity contribution in [1.82, 2.24) is 10.2 Å². The Bertz CT molecular complexity index is 566. The second-order valence-corrected chi connectivity index (χ2v) is 7.09. The van der Waals surface area contributed by atoms with Crippen molar-refractivity contribution >= 4 is 11.7 Å². The average molecular weight is 292 g/mol. The third-order valence-corrected chi connectivity index (χ3v) is 5.29. The minimum absolute atomic E-state index is 0.0821. The molecule has 1 aromatic heterocycles. The molecule has 116 valence electrons. The molecule has 0 bridgehead atoms. The smallest absolute Gasteiger partial charge is 0.246 e. The predicted octanol–water partition coefficient (Wildman–Crippen LogP) is 1.61. The Labute approximate surface area is 124 Å². The topological polar surface area (TPSA) is 93.0 Å². The quantitative estimate of drug-likeness (QED) is 0.789. The van der Waals surface area contributed by atoms with Crippen LogP contribution < -0.4 is 11.1 Å². The molecule has 2 aliphatic rings. The van der Waals surface area contributed by atoms with Gasteiger partial charge in [0.1, 0.15) is 5.54 Å². The van der Waals surface area contributed by atoms with E-state index in [-0.39, 0.29) is 23.3 Å². The van der Waals surface area contributed by atoms with Crippen LogP contribution in [0.4, 0.5) is 5.82 Å². The molecule has 1 aliphatic carbocycles. The first-order valence-corrected chi connectivity index (χ1v) is 7.55. The van der Waals surface area contributed by atoms with Crippen molar-refractivity contribution in [3.05, 3.63) is 11.8 Å². The van der Waals surface area contributed by atoms with Gasteiger partial charge in [0.05, 0.1) is 6.10 Å². The van der Waals surface area contributed by atoms with Gasteiger partial charge in [-0.3, -0.25) is 9.89 Å². The third-order valence-electron chi connectivity index (χ3n) is 5.29. The fourth-order valence-electron chi connectivity index (χ4n) is 3.76. The maximum absolute atomic E-state index is 12.7. The summed E-state index contributed by atoms with van der Waals surface area (Å²) in [5.74, 6) is 0.798. The van der Waals surface area contributed by atoms with Gasteiger partial charge in [0.25, 0.3) is 0 Å². The minimum Gasteiger partial charge on any atom is -0.377 e. The molecule has 3 atom stereocenters. The first-order chi connectivity index (χ1) is 9.78. The van der Waals surface area contributed by atoms with Gasteiger partial charge in [0.2, 0.25) is 5.91 Å². The standard InChI is InChI=1S/C15H24N4O2/c1-8(2)10-7-11(19-18-10)17-13(20)15(16)9-5-6-21-12(9)14(15,3)4/h7-9,12H,5-6,16H2,1-4H3,(H2,17,18,19,20). The number of hydrogen-bond acceptors (Lipinski definition) is 4. The van der Waals surface area contributed by atoms with Crippen LogP contribution in [0.1, 0.15) is 45.7 Å². The number of aromatic nitrogens is 2. The van der Waals surface area contributed by atoms with Gasteiger partial charge in [-0.15, -0.1) is 0 Å². The van der Waals surface area contributed by atoms with Crippen LogP contribution in [0.2, 0.25) is 0 Å². The Balaban J connectivity index is 1.78. The predicted molar refractivity (Wildman–Crippen MR) is 79.9 cm³/mol. The molecule has 21 heavy (non-hydrogen) atoms. The number of carbonyl (C=O) groups excluding carboxylic acids is 1.